The lowest BCUT2D eigenvalue weighted by molar-refractivity contribution is -0.386. The van der Waals surface area contributed by atoms with Crippen LogP contribution >= 0.6 is 0 Å². The van der Waals surface area contributed by atoms with E-state index in [-0.39, 0.29) is 6.54 Å². The minimum absolute atomic E-state index is 0.198. The number of aryl methyl sites for hydroxylation is 2. The van der Waals surface area contributed by atoms with E-state index in [1.54, 1.807) is 0 Å². The zero-order valence-electron chi connectivity index (χ0n) is 11.2. The third-order valence-electron chi connectivity index (χ3n) is 3.70. The second kappa shape index (κ2) is 5.01. The van der Waals surface area contributed by atoms with Crippen molar-refractivity contribution in [1.82, 2.24) is 9.55 Å². The van der Waals surface area contributed by atoms with E-state index in [4.69, 9.17) is 0 Å². The Labute approximate surface area is 119 Å². The molecule has 0 amide bonds. The quantitative estimate of drug-likeness (QED) is 0.672. The van der Waals surface area contributed by atoms with E-state index in [1.807, 2.05) is 23.2 Å². The van der Waals surface area contributed by atoms with Crippen molar-refractivity contribution in [3.05, 3.63) is 72.0 Å². The molecule has 0 radical (unpaired) electrons. The molecule has 0 atom stereocenters. The number of hydrogen-bond donors (Lipinski definition) is 1. The molecule has 108 valence electrons. The summed E-state index contributed by atoms with van der Waals surface area (Å²) in [6.45, 7) is 0.198. The number of rotatable bonds is 3. The van der Waals surface area contributed by atoms with Crippen molar-refractivity contribution in [1.29, 1.82) is 0 Å². The lowest BCUT2D eigenvalue weighted by Gasteiger charge is -2.07. The molecule has 7 heteroatoms. The van der Waals surface area contributed by atoms with Crippen molar-refractivity contribution in [2.24, 2.45) is 0 Å². The maximum Gasteiger partial charge on any atom is 0.350 e. The van der Waals surface area contributed by atoms with Gasteiger partial charge in [-0.15, -0.1) is 0 Å². The first kappa shape index (κ1) is 13.3. The highest BCUT2D eigenvalue weighted by atomic mass is 16.6. The molecule has 2 aromatic rings. The average molecular weight is 287 g/mol. The van der Waals surface area contributed by atoms with Crippen LogP contribution in [-0.4, -0.2) is 14.5 Å². The summed E-state index contributed by atoms with van der Waals surface area (Å²) in [5.74, 6) is 0. The molecule has 3 rings (SSSR count). The number of aromatic amines is 1. The molecule has 1 aromatic heterocycles. The second-order valence-electron chi connectivity index (χ2n) is 5.12. The first-order valence-electron chi connectivity index (χ1n) is 6.63. The maximum atomic E-state index is 11.7. The molecule has 1 aliphatic carbocycles. The molecule has 1 aliphatic rings. The number of nitro groups is 1. The first-order chi connectivity index (χ1) is 10.0. The number of H-pyrrole nitrogens is 1. The summed E-state index contributed by atoms with van der Waals surface area (Å²) in [7, 11) is 0. The highest BCUT2D eigenvalue weighted by Crippen LogP contribution is 2.23. The van der Waals surface area contributed by atoms with Crippen molar-refractivity contribution >= 4 is 5.69 Å². The van der Waals surface area contributed by atoms with Gasteiger partial charge in [0.2, 0.25) is 0 Å². The summed E-state index contributed by atoms with van der Waals surface area (Å²) in [5, 5.41) is 10.8. The minimum Gasteiger partial charge on any atom is -0.289 e. The Morgan fingerprint density at radius 2 is 2.00 bits per heavy atom. The maximum absolute atomic E-state index is 11.7. The molecule has 0 saturated carbocycles. The fraction of sp³-hybridized carbons (Fsp3) is 0.286. The van der Waals surface area contributed by atoms with Crippen molar-refractivity contribution in [2.75, 3.05) is 0 Å². The second-order valence-corrected chi connectivity index (χ2v) is 5.12. The first-order valence-corrected chi connectivity index (χ1v) is 6.63. The van der Waals surface area contributed by atoms with E-state index in [0.29, 0.717) is 0 Å². The molecule has 1 heterocycles. The fourth-order valence-electron chi connectivity index (χ4n) is 2.67. The molecule has 0 unspecified atom stereocenters. The van der Waals surface area contributed by atoms with Gasteiger partial charge in [-0.2, -0.15) is 0 Å². The van der Waals surface area contributed by atoms with Crippen LogP contribution in [0.15, 0.2) is 34.0 Å². The largest absolute Gasteiger partial charge is 0.350 e. The van der Waals surface area contributed by atoms with Crippen LogP contribution in [0.3, 0.4) is 0 Å². The number of benzene rings is 1. The zero-order chi connectivity index (χ0) is 15.0. The van der Waals surface area contributed by atoms with Crippen molar-refractivity contribution in [3.8, 4) is 0 Å². The van der Waals surface area contributed by atoms with E-state index in [0.717, 1.165) is 35.6 Å². The van der Waals surface area contributed by atoms with Crippen LogP contribution in [0.25, 0.3) is 0 Å². The molecule has 0 fully saturated rings. The molecule has 21 heavy (non-hydrogen) atoms. The third-order valence-corrected chi connectivity index (χ3v) is 3.70. The van der Waals surface area contributed by atoms with Gasteiger partial charge in [0.25, 0.3) is 0 Å². The Bertz CT molecular complexity index is 835. The summed E-state index contributed by atoms with van der Waals surface area (Å²) in [5.41, 5.74) is 1.22. The van der Waals surface area contributed by atoms with Crippen LogP contribution in [0, 0.1) is 10.1 Å². The Morgan fingerprint density at radius 3 is 2.76 bits per heavy atom. The summed E-state index contributed by atoms with van der Waals surface area (Å²) in [6, 6.07) is 5.96. The van der Waals surface area contributed by atoms with Gasteiger partial charge in [-0.05, 0) is 36.0 Å². The van der Waals surface area contributed by atoms with Gasteiger partial charge in [-0.25, -0.2) is 4.79 Å². The van der Waals surface area contributed by atoms with Crippen molar-refractivity contribution in [3.63, 3.8) is 0 Å². The SMILES string of the molecule is O=c1[nH]c(=O)n(Cc2ccc3c(c2)CCC3)cc1[N+](=O)[O-]. The van der Waals surface area contributed by atoms with Crippen LogP contribution < -0.4 is 11.2 Å². The molecular formula is C14H13N3O4. The highest BCUT2D eigenvalue weighted by Gasteiger charge is 2.16. The lowest BCUT2D eigenvalue weighted by Crippen LogP contribution is -2.31. The van der Waals surface area contributed by atoms with Gasteiger partial charge in [-0.1, -0.05) is 18.2 Å². The van der Waals surface area contributed by atoms with E-state index >= 15 is 0 Å². The van der Waals surface area contributed by atoms with E-state index in [2.05, 4.69) is 0 Å². The van der Waals surface area contributed by atoms with Gasteiger partial charge >= 0.3 is 16.9 Å². The number of hydrogen-bond acceptors (Lipinski definition) is 4. The molecule has 1 aromatic carbocycles. The van der Waals surface area contributed by atoms with Gasteiger partial charge in [0, 0.05) is 0 Å². The van der Waals surface area contributed by atoms with Gasteiger partial charge in [-0.3, -0.25) is 24.5 Å². The van der Waals surface area contributed by atoms with E-state index < -0.39 is 21.9 Å². The molecule has 0 saturated heterocycles. The van der Waals surface area contributed by atoms with Gasteiger partial charge < -0.3 is 0 Å². The molecule has 1 N–H and O–H groups in total. The molecule has 0 bridgehead atoms. The standard InChI is InChI=1S/C14H13N3O4/c18-13-12(17(20)21)8-16(14(19)15-13)7-9-4-5-10-2-1-3-11(10)6-9/h4-6,8H,1-3,7H2,(H,15,18,19). The molecule has 0 aliphatic heterocycles. The van der Waals surface area contributed by atoms with Crippen LogP contribution in [-0.2, 0) is 19.4 Å². The minimum atomic E-state index is -0.977. The van der Waals surface area contributed by atoms with Crippen LogP contribution in [0.2, 0.25) is 0 Å². The predicted octanol–water partition coefficient (Wildman–Crippen LogP) is 0.982. The topological polar surface area (TPSA) is 98.0 Å². The zero-order valence-corrected chi connectivity index (χ0v) is 11.2. The molecule has 0 spiro atoms. The Balaban J connectivity index is 1.98. The summed E-state index contributed by atoms with van der Waals surface area (Å²) in [4.78, 5) is 35.0. The summed E-state index contributed by atoms with van der Waals surface area (Å²) in [6.07, 6.45) is 4.21. The number of nitrogens with one attached hydrogen (secondary N) is 1. The van der Waals surface area contributed by atoms with Crippen molar-refractivity contribution < 1.29 is 4.92 Å². The Hall–Kier alpha value is -2.70. The summed E-state index contributed by atoms with van der Waals surface area (Å²) < 4.78 is 1.15. The van der Waals surface area contributed by atoms with Crippen LogP contribution in [0.5, 0.6) is 0 Å². The van der Waals surface area contributed by atoms with Crippen LogP contribution in [0.1, 0.15) is 23.1 Å². The molecule has 7 nitrogen and oxygen atoms in total. The highest BCUT2D eigenvalue weighted by molar-refractivity contribution is 5.35. The van der Waals surface area contributed by atoms with E-state index in [9.17, 15) is 19.7 Å². The van der Waals surface area contributed by atoms with Crippen molar-refractivity contribution in [2.45, 2.75) is 25.8 Å². The lowest BCUT2D eigenvalue weighted by atomic mass is 10.1. The number of aromatic nitrogens is 2. The fourth-order valence-corrected chi connectivity index (χ4v) is 2.67. The van der Waals surface area contributed by atoms with Gasteiger partial charge in [0.05, 0.1) is 17.7 Å². The Morgan fingerprint density at radius 1 is 1.24 bits per heavy atom. The third kappa shape index (κ3) is 2.49. The normalized spacial score (nSPS) is 13.1. The number of fused-ring (bicyclic) bond motifs is 1. The average Bonchev–Trinajstić information content (AvgIpc) is 2.88. The number of nitrogens with zero attached hydrogens (tertiary/aromatic N) is 2. The van der Waals surface area contributed by atoms with Gasteiger partial charge in [0.1, 0.15) is 0 Å². The van der Waals surface area contributed by atoms with Gasteiger partial charge in [0.15, 0.2) is 0 Å². The smallest absolute Gasteiger partial charge is 0.289 e. The predicted molar refractivity (Wildman–Crippen MR) is 75.5 cm³/mol. The Kier molecular flexibility index (Phi) is 3.17. The van der Waals surface area contributed by atoms with Crippen LogP contribution in [0.4, 0.5) is 5.69 Å². The molecular weight excluding hydrogens is 274 g/mol. The van der Waals surface area contributed by atoms with E-state index in [1.165, 1.54) is 11.1 Å². The monoisotopic (exact) mass is 287 g/mol. The summed E-state index contributed by atoms with van der Waals surface area (Å²) >= 11 is 0.